The maximum Gasteiger partial charge on any atom is 0.238 e. The molecule has 20 heavy (non-hydrogen) atoms. The first-order valence-electron chi connectivity index (χ1n) is 6.61. The van der Waals surface area contributed by atoms with Crippen LogP contribution in [-0.2, 0) is 4.79 Å². The minimum absolute atomic E-state index is 0.132. The number of likely N-dealkylation sites (tertiary alicyclic amines) is 1. The van der Waals surface area contributed by atoms with Crippen molar-refractivity contribution in [2.24, 2.45) is 5.92 Å². The lowest BCUT2D eigenvalue weighted by atomic mass is 9.98. The number of alkyl halides is 1. The molecule has 0 spiro atoms. The van der Waals surface area contributed by atoms with Crippen molar-refractivity contribution in [3.05, 3.63) is 28.2 Å². The fraction of sp³-hybridized carbons (Fsp3) is 0.500. The first-order chi connectivity index (χ1) is 9.58. The second kappa shape index (κ2) is 7.25. The fourth-order valence-electron chi connectivity index (χ4n) is 2.28. The molecule has 0 radical (unpaired) electrons. The van der Waals surface area contributed by atoms with E-state index in [1.807, 2.05) is 4.90 Å². The number of benzene rings is 1. The van der Waals surface area contributed by atoms with E-state index in [0.717, 1.165) is 25.9 Å². The van der Waals surface area contributed by atoms with Crippen molar-refractivity contribution in [2.75, 3.05) is 31.6 Å². The van der Waals surface area contributed by atoms with Crippen LogP contribution in [0.1, 0.15) is 12.8 Å². The number of carbonyl (C=O) groups excluding carboxylic acids is 1. The normalized spacial score (nSPS) is 17.1. The molecular formula is C14H17Cl2FN2O. The van der Waals surface area contributed by atoms with Crippen LogP contribution in [0.5, 0.6) is 0 Å². The second-order valence-electron chi connectivity index (χ2n) is 5.05. The Kier molecular flexibility index (Phi) is 5.64. The van der Waals surface area contributed by atoms with Crippen LogP contribution in [0.4, 0.5) is 10.1 Å². The highest BCUT2D eigenvalue weighted by Gasteiger charge is 2.20. The van der Waals surface area contributed by atoms with Crippen LogP contribution < -0.4 is 5.32 Å². The summed E-state index contributed by atoms with van der Waals surface area (Å²) in [6.45, 7) is 1.54. The predicted molar refractivity (Wildman–Crippen MR) is 80.2 cm³/mol. The van der Waals surface area contributed by atoms with E-state index in [1.54, 1.807) is 18.2 Å². The summed E-state index contributed by atoms with van der Waals surface area (Å²) in [6.07, 6.45) is 1.61. The Labute approximate surface area is 128 Å². The number of amides is 1. The summed E-state index contributed by atoms with van der Waals surface area (Å²) >= 11 is 11.9. The molecule has 1 N–H and O–H groups in total. The molecule has 0 aromatic heterocycles. The zero-order valence-electron chi connectivity index (χ0n) is 11.0. The maximum absolute atomic E-state index is 12.5. The lowest BCUT2D eigenvalue weighted by Gasteiger charge is -2.30. The molecule has 1 fully saturated rings. The van der Waals surface area contributed by atoms with Crippen molar-refractivity contribution < 1.29 is 9.18 Å². The maximum atomic E-state index is 12.5. The highest BCUT2D eigenvalue weighted by molar-refractivity contribution is 6.35. The number of rotatable bonds is 4. The molecule has 1 amide bonds. The minimum atomic E-state index is -0.266. The second-order valence-corrected chi connectivity index (χ2v) is 5.89. The van der Waals surface area contributed by atoms with E-state index >= 15 is 0 Å². The summed E-state index contributed by atoms with van der Waals surface area (Å²) < 4.78 is 12.5. The van der Waals surface area contributed by atoms with Crippen LogP contribution in [0.25, 0.3) is 0 Å². The molecule has 1 heterocycles. The number of piperidine rings is 1. The van der Waals surface area contributed by atoms with Gasteiger partial charge in [0.1, 0.15) is 0 Å². The number of anilines is 1. The van der Waals surface area contributed by atoms with Gasteiger partial charge in [-0.15, -0.1) is 0 Å². The standard InChI is InChI=1S/C14H17Cl2FN2O/c15-11-1-2-12(16)13(7-11)18-14(20)9-19-5-3-10(8-17)4-6-19/h1-2,7,10H,3-6,8-9H2,(H,18,20). The molecule has 0 unspecified atom stereocenters. The van der Waals surface area contributed by atoms with Crippen LogP contribution >= 0.6 is 23.2 Å². The summed E-state index contributed by atoms with van der Waals surface area (Å²) in [7, 11) is 0. The van der Waals surface area contributed by atoms with Crippen molar-refractivity contribution in [3.8, 4) is 0 Å². The average Bonchev–Trinajstić information content (AvgIpc) is 2.43. The van der Waals surface area contributed by atoms with E-state index in [1.165, 1.54) is 0 Å². The van der Waals surface area contributed by atoms with Gasteiger partial charge in [-0.1, -0.05) is 23.2 Å². The van der Waals surface area contributed by atoms with E-state index in [2.05, 4.69) is 5.32 Å². The Morgan fingerprint density at radius 2 is 2.05 bits per heavy atom. The summed E-state index contributed by atoms with van der Waals surface area (Å²) in [4.78, 5) is 14.0. The van der Waals surface area contributed by atoms with Gasteiger partial charge >= 0.3 is 0 Å². The largest absolute Gasteiger partial charge is 0.324 e. The van der Waals surface area contributed by atoms with Crippen LogP contribution in [0.3, 0.4) is 0 Å². The summed E-state index contributed by atoms with van der Waals surface area (Å²) in [5, 5.41) is 3.73. The van der Waals surface area contributed by atoms with E-state index in [0.29, 0.717) is 22.3 Å². The van der Waals surface area contributed by atoms with Crippen LogP contribution in [0.2, 0.25) is 10.0 Å². The molecule has 0 saturated carbocycles. The van der Waals surface area contributed by atoms with Gasteiger partial charge < -0.3 is 5.32 Å². The van der Waals surface area contributed by atoms with Crippen LogP contribution in [-0.4, -0.2) is 37.1 Å². The molecule has 1 aromatic carbocycles. The van der Waals surface area contributed by atoms with Gasteiger partial charge in [0.25, 0.3) is 0 Å². The Balaban J connectivity index is 1.85. The minimum Gasteiger partial charge on any atom is -0.324 e. The first-order valence-corrected chi connectivity index (χ1v) is 7.37. The van der Waals surface area contributed by atoms with Crippen molar-refractivity contribution in [1.29, 1.82) is 0 Å². The van der Waals surface area contributed by atoms with Gasteiger partial charge in [0.2, 0.25) is 5.91 Å². The molecule has 3 nitrogen and oxygen atoms in total. The molecule has 1 saturated heterocycles. The molecule has 6 heteroatoms. The van der Waals surface area contributed by atoms with E-state index in [-0.39, 0.29) is 18.5 Å². The summed E-state index contributed by atoms with van der Waals surface area (Å²) in [5.41, 5.74) is 0.516. The van der Waals surface area contributed by atoms with Gasteiger partial charge in [-0.05, 0) is 50.0 Å². The Morgan fingerprint density at radius 3 is 2.70 bits per heavy atom. The van der Waals surface area contributed by atoms with E-state index < -0.39 is 0 Å². The van der Waals surface area contributed by atoms with E-state index in [9.17, 15) is 9.18 Å². The van der Waals surface area contributed by atoms with Gasteiger partial charge in [-0.2, -0.15) is 0 Å². The monoisotopic (exact) mass is 318 g/mol. The van der Waals surface area contributed by atoms with E-state index in [4.69, 9.17) is 23.2 Å². The number of carbonyl (C=O) groups is 1. The average molecular weight is 319 g/mol. The molecule has 0 atom stereocenters. The third-order valence-electron chi connectivity index (χ3n) is 3.50. The first kappa shape index (κ1) is 15.5. The topological polar surface area (TPSA) is 32.3 Å². The third kappa shape index (κ3) is 4.33. The van der Waals surface area contributed by atoms with Crippen molar-refractivity contribution in [3.63, 3.8) is 0 Å². The molecular weight excluding hydrogens is 302 g/mol. The van der Waals surface area contributed by atoms with Crippen molar-refractivity contribution in [2.45, 2.75) is 12.8 Å². The Morgan fingerprint density at radius 1 is 1.35 bits per heavy atom. The Bertz CT molecular complexity index is 476. The fourth-order valence-corrected chi connectivity index (χ4v) is 2.62. The van der Waals surface area contributed by atoms with Crippen molar-refractivity contribution in [1.82, 2.24) is 4.90 Å². The molecule has 0 aliphatic carbocycles. The number of halogens is 3. The van der Waals surface area contributed by atoms with Gasteiger partial charge in [-0.25, -0.2) is 0 Å². The van der Waals surface area contributed by atoms with Gasteiger partial charge in [0.05, 0.1) is 23.9 Å². The molecule has 1 aromatic rings. The highest BCUT2D eigenvalue weighted by atomic mass is 35.5. The van der Waals surface area contributed by atoms with Crippen molar-refractivity contribution >= 4 is 34.8 Å². The lowest BCUT2D eigenvalue weighted by molar-refractivity contribution is -0.117. The third-order valence-corrected chi connectivity index (χ3v) is 4.06. The number of nitrogens with one attached hydrogen (secondary N) is 1. The van der Waals surface area contributed by atoms with Crippen LogP contribution in [0.15, 0.2) is 18.2 Å². The molecule has 0 bridgehead atoms. The Hall–Kier alpha value is -0.840. The smallest absolute Gasteiger partial charge is 0.238 e. The molecule has 110 valence electrons. The molecule has 2 rings (SSSR count). The molecule has 1 aliphatic heterocycles. The van der Waals surface area contributed by atoms with Gasteiger partial charge in [-0.3, -0.25) is 14.1 Å². The SMILES string of the molecule is O=C(CN1CCC(CF)CC1)Nc1cc(Cl)ccc1Cl. The molecule has 1 aliphatic rings. The summed E-state index contributed by atoms with van der Waals surface area (Å²) in [6, 6.07) is 4.94. The highest BCUT2D eigenvalue weighted by Crippen LogP contribution is 2.25. The summed E-state index contributed by atoms with van der Waals surface area (Å²) in [5.74, 6) is 0.0181. The number of hydrogen-bond donors (Lipinski definition) is 1. The van der Waals surface area contributed by atoms with Gasteiger partial charge in [0.15, 0.2) is 0 Å². The predicted octanol–water partition coefficient (Wildman–Crippen LogP) is 3.61. The number of hydrogen-bond acceptors (Lipinski definition) is 2. The quantitative estimate of drug-likeness (QED) is 0.919. The number of nitrogens with zero attached hydrogens (tertiary/aromatic N) is 1. The lowest BCUT2D eigenvalue weighted by Crippen LogP contribution is -2.39. The zero-order valence-corrected chi connectivity index (χ0v) is 12.6. The van der Waals surface area contributed by atoms with Gasteiger partial charge in [0, 0.05) is 5.02 Å². The van der Waals surface area contributed by atoms with Crippen LogP contribution in [0, 0.1) is 5.92 Å². The zero-order chi connectivity index (χ0) is 14.5.